The Balaban J connectivity index is 0.00000338. The lowest BCUT2D eigenvalue weighted by atomic mass is 10.0. The Hall–Kier alpha value is -2.28. The van der Waals surface area contributed by atoms with E-state index in [0.717, 1.165) is 18.4 Å². The van der Waals surface area contributed by atoms with Crippen molar-refractivity contribution in [2.45, 2.75) is 54.4 Å². The highest BCUT2D eigenvalue weighted by Crippen LogP contribution is 2.13. The van der Waals surface area contributed by atoms with Gasteiger partial charge in [-0.2, -0.15) is 0 Å². The number of carbonyl (C=O) groups excluding carboxylic acids is 2. The molecule has 1 heterocycles. The van der Waals surface area contributed by atoms with Crippen molar-refractivity contribution < 1.29 is 9.59 Å². The first kappa shape index (κ1) is 24.7. The molecule has 0 radical (unpaired) electrons. The van der Waals surface area contributed by atoms with Gasteiger partial charge in [0.2, 0.25) is 5.91 Å². The zero-order valence-electron chi connectivity index (χ0n) is 15.3. The number of unbranched alkanes of at least 4 members (excludes halogenated alkanes) is 1. The molecule has 2 amide bonds. The first-order valence-corrected chi connectivity index (χ1v) is 9.10. The van der Waals surface area contributed by atoms with Crippen LogP contribution in [0.4, 0.5) is 0 Å². The Kier molecular flexibility index (Phi) is 11.1. The van der Waals surface area contributed by atoms with Gasteiger partial charge in [-0.3, -0.25) is 9.59 Å². The molecule has 0 bridgehead atoms. The molecule has 1 fully saturated rings. The molecule has 0 spiro atoms. The van der Waals surface area contributed by atoms with Crippen molar-refractivity contribution >= 4 is 11.8 Å². The summed E-state index contributed by atoms with van der Waals surface area (Å²) in [5, 5.41) is 0. The van der Waals surface area contributed by atoms with Crippen LogP contribution in [0.25, 0.3) is 0 Å². The van der Waals surface area contributed by atoms with Crippen LogP contribution in [0.1, 0.15) is 63.9 Å². The van der Waals surface area contributed by atoms with Gasteiger partial charge >= 0.3 is 0 Å². The molecule has 27 heavy (non-hydrogen) atoms. The Labute approximate surface area is 165 Å². The molecule has 1 aliphatic rings. The zero-order chi connectivity index (χ0) is 18.2. The van der Waals surface area contributed by atoms with Crippen LogP contribution in [-0.4, -0.2) is 47.8 Å². The molecule has 1 aliphatic heterocycles. The number of piperazine rings is 1. The van der Waals surface area contributed by atoms with E-state index in [0.29, 0.717) is 44.9 Å². The maximum Gasteiger partial charge on any atom is 0.253 e. The molecule has 0 aliphatic carbocycles. The molecule has 0 unspecified atom stereocenters. The van der Waals surface area contributed by atoms with E-state index in [1.54, 1.807) is 0 Å². The summed E-state index contributed by atoms with van der Waals surface area (Å²) in [6.07, 6.45) is 8.10. The van der Waals surface area contributed by atoms with Gasteiger partial charge < -0.3 is 9.80 Å². The quantitative estimate of drug-likeness (QED) is 0.553. The fraction of sp³-hybridized carbons (Fsp3) is 0.565. The second-order valence-corrected chi connectivity index (χ2v) is 7.03. The predicted molar refractivity (Wildman–Crippen MR) is 114 cm³/mol. The Morgan fingerprint density at radius 1 is 1.04 bits per heavy atom. The standard InChI is InChI=1S/C21H28N2O2.2CH4/c1-4-5-6-7-20(24)22-12-14-23(15-13-22)21(25)19-10-8-18(9-11-19)16-17(2)3;;/h1,8-11,17H,5-7,12-16H2,2-3H3;2*1H4. The van der Waals surface area contributed by atoms with Gasteiger partial charge in [0, 0.05) is 44.6 Å². The third-order valence-corrected chi connectivity index (χ3v) is 4.48. The molecule has 1 saturated heterocycles. The molecule has 1 aromatic carbocycles. The topological polar surface area (TPSA) is 40.6 Å². The number of hydrogen-bond acceptors (Lipinski definition) is 2. The number of terminal acetylenes is 1. The molecule has 4 nitrogen and oxygen atoms in total. The van der Waals surface area contributed by atoms with Gasteiger partial charge in [0.05, 0.1) is 0 Å². The molecule has 0 saturated carbocycles. The Morgan fingerprint density at radius 3 is 2.11 bits per heavy atom. The van der Waals surface area contributed by atoms with Gasteiger partial charge in [-0.05, 0) is 36.5 Å². The van der Waals surface area contributed by atoms with E-state index in [-0.39, 0.29) is 26.7 Å². The summed E-state index contributed by atoms with van der Waals surface area (Å²) >= 11 is 0. The van der Waals surface area contributed by atoms with Crippen LogP contribution in [0, 0.1) is 18.3 Å². The van der Waals surface area contributed by atoms with E-state index >= 15 is 0 Å². The third-order valence-electron chi connectivity index (χ3n) is 4.48. The summed E-state index contributed by atoms with van der Waals surface area (Å²) in [4.78, 5) is 28.4. The molecule has 2 rings (SSSR count). The summed E-state index contributed by atoms with van der Waals surface area (Å²) in [5.74, 6) is 3.35. The zero-order valence-corrected chi connectivity index (χ0v) is 15.3. The monoisotopic (exact) mass is 372 g/mol. The fourth-order valence-electron chi connectivity index (χ4n) is 3.10. The first-order chi connectivity index (χ1) is 12.0. The van der Waals surface area contributed by atoms with E-state index in [4.69, 9.17) is 6.42 Å². The smallest absolute Gasteiger partial charge is 0.253 e. The van der Waals surface area contributed by atoms with E-state index in [9.17, 15) is 9.59 Å². The number of carbonyl (C=O) groups is 2. The van der Waals surface area contributed by atoms with E-state index < -0.39 is 0 Å². The van der Waals surface area contributed by atoms with Crippen molar-refractivity contribution in [1.29, 1.82) is 0 Å². The minimum Gasteiger partial charge on any atom is -0.339 e. The minimum atomic E-state index is 0. The van der Waals surface area contributed by atoms with Crippen molar-refractivity contribution in [2.24, 2.45) is 5.92 Å². The summed E-state index contributed by atoms with van der Waals surface area (Å²) in [6.45, 7) is 6.76. The highest BCUT2D eigenvalue weighted by atomic mass is 16.2. The highest BCUT2D eigenvalue weighted by molar-refractivity contribution is 5.94. The summed E-state index contributed by atoms with van der Waals surface area (Å²) in [5.41, 5.74) is 1.98. The number of amides is 2. The van der Waals surface area contributed by atoms with Crippen LogP contribution in [0.3, 0.4) is 0 Å². The second kappa shape index (κ2) is 12.2. The lowest BCUT2D eigenvalue weighted by Gasteiger charge is -2.35. The highest BCUT2D eigenvalue weighted by Gasteiger charge is 2.24. The predicted octanol–water partition coefficient (Wildman–Crippen LogP) is 4.25. The SMILES string of the molecule is C.C.C#CCCCC(=O)N1CCN(C(=O)c2ccc(CC(C)C)cc2)CC1. The number of nitrogens with zero attached hydrogens (tertiary/aromatic N) is 2. The van der Waals surface area contributed by atoms with Gasteiger partial charge in [-0.25, -0.2) is 0 Å². The molecule has 0 aromatic heterocycles. The second-order valence-electron chi connectivity index (χ2n) is 7.03. The van der Waals surface area contributed by atoms with Crippen molar-refractivity contribution in [1.82, 2.24) is 9.80 Å². The summed E-state index contributed by atoms with van der Waals surface area (Å²) in [7, 11) is 0. The van der Waals surface area contributed by atoms with E-state index in [2.05, 4.69) is 19.8 Å². The normalized spacial score (nSPS) is 13.4. The summed E-state index contributed by atoms with van der Waals surface area (Å²) in [6, 6.07) is 7.91. The minimum absolute atomic E-state index is 0. The average molecular weight is 373 g/mol. The number of benzene rings is 1. The van der Waals surface area contributed by atoms with Crippen LogP contribution in [0.5, 0.6) is 0 Å². The Morgan fingerprint density at radius 2 is 1.59 bits per heavy atom. The largest absolute Gasteiger partial charge is 0.339 e. The van der Waals surface area contributed by atoms with Gasteiger partial charge in [-0.1, -0.05) is 40.8 Å². The lowest BCUT2D eigenvalue weighted by molar-refractivity contribution is -0.132. The number of rotatable bonds is 6. The fourth-order valence-corrected chi connectivity index (χ4v) is 3.10. The molecular formula is C23H36N2O2. The molecule has 0 atom stereocenters. The van der Waals surface area contributed by atoms with Crippen molar-refractivity contribution in [3.05, 3.63) is 35.4 Å². The van der Waals surface area contributed by atoms with Crippen molar-refractivity contribution in [2.75, 3.05) is 26.2 Å². The van der Waals surface area contributed by atoms with Crippen LogP contribution < -0.4 is 0 Å². The van der Waals surface area contributed by atoms with E-state index in [1.165, 1.54) is 5.56 Å². The molecular weight excluding hydrogens is 336 g/mol. The van der Waals surface area contributed by atoms with Gasteiger partial charge in [0.25, 0.3) is 5.91 Å². The molecule has 4 heteroatoms. The summed E-state index contributed by atoms with van der Waals surface area (Å²) < 4.78 is 0. The maximum atomic E-state index is 12.6. The molecule has 150 valence electrons. The van der Waals surface area contributed by atoms with Gasteiger partial charge in [-0.15, -0.1) is 12.3 Å². The Bertz CT molecular complexity index is 621. The first-order valence-electron chi connectivity index (χ1n) is 9.10. The van der Waals surface area contributed by atoms with Gasteiger partial charge in [0.1, 0.15) is 0 Å². The lowest BCUT2D eigenvalue weighted by Crippen LogP contribution is -2.50. The van der Waals surface area contributed by atoms with Crippen LogP contribution in [-0.2, 0) is 11.2 Å². The average Bonchev–Trinajstić information content (AvgIpc) is 2.61. The maximum absolute atomic E-state index is 12.6. The van der Waals surface area contributed by atoms with Gasteiger partial charge in [0.15, 0.2) is 0 Å². The van der Waals surface area contributed by atoms with Crippen molar-refractivity contribution in [3.8, 4) is 12.3 Å². The van der Waals surface area contributed by atoms with Crippen molar-refractivity contribution in [3.63, 3.8) is 0 Å². The van der Waals surface area contributed by atoms with Crippen LogP contribution in [0.15, 0.2) is 24.3 Å². The molecule has 0 N–H and O–H groups in total. The van der Waals surface area contributed by atoms with Crippen LogP contribution >= 0.6 is 0 Å². The molecule has 1 aromatic rings. The number of hydrogen-bond donors (Lipinski definition) is 0. The third kappa shape index (κ3) is 7.46. The van der Waals surface area contributed by atoms with Crippen LogP contribution in [0.2, 0.25) is 0 Å². The van der Waals surface area contributed by atoms with E-state index in [1.807, 2.05) is 34.1 Å².